The fraction of sp³-hybridized carbons (Fsp3) is 0.683. The van der Waals surface area contributed by atoms with Crippen LogP contribution in [0, 0.1) is 30.1 Å². The Bertz CT molecular complexity index is 2580. The quantitative estimate of drug-likeness (QED) is 0.0624. The number of nitrogens with one attached hydrogen (secondary N) is 2. The summed E-state index contributed by atoms with van der Waals surface area (Å²) >= 11 is 0. The maximum Gasteiger partial charge on any atom is 0.317 e. The highest BCUT2D eigenvalue weighted by Gasteiger charge is 2.71. The van der Waals surface area contributed by atoms with E-state index in [-0.39, 0.29) is 48.8 Å². The Balaban J connectivity index is 0.721. The van der Waals surface area contributed by atoms with Gasteiger partial charge in [0.15, 0.2) is 5.65 Å². The second-order valence-electron chi connectivity index (χ2n) is 25.0. The van der Waals surface area contributed by atoms with Gasteiger partial charge in [0.1, 0.15) is 0 Å². The number of carboxylic acid groups (broad SMARTS) is 3. The molecule has 2 saturated heterocycles. The number of nitrogens with zero attached hydrogens (tertiary/aromatic N) is 9. The molecule has 3 saturated carbocycles. The van der Waals surface area contributed by atoms with Crippen molar-refractivity contribution >= 4 is 41.4 Å². The van der Waals surface area contributed by atoms with Crippen molar-refractivity contribution in [3.05, 3.63) is 70.2 Å². The van der Waals surface area contributed by atoms with Gasteiger partial charge in [-0.15, -0.1) is 0 Å². The average molecular weight is 1130 g/mol. The number of hydrogen-bond donors (Lipinski definition) is 5. The molecule has 2 amide bonds. The molecule has 4 heterocycles. The normalized spacial score (nSPS) is 21.5. The van der Waals surface area contributed by atoms with E-state index >= 15 is 0 Å². The minimum atomic E-state index is -1.01. The Morgan fingerprint density at radius 2 is 1.25 bits per heavy atom. The largest absolute Gasteiger partial charge is 0.480 e. The van der Waals surface area contributed by atoms with Crippen molar-refractivity contribution in [2.75, 3.05) is 151 Å². The van der Waals surface area contributed by atoms with Crippen LogP contribution in [0.1, 0.15) is 100 Å². The standard InChI is InChI=1S/C60H93N11O10/c1-8-50-49(55-63-45(2)33-46(3)71(55)64-50)34-48-14-12-47(13-15-48)11-9-19-65-20-30-70(31-21-65)42-59-39-60(40-59,41-59)56(79)62-17-10-32-80-43-57(4,5)44-81-58(6,7)16-18-61-51(72)35-66-22-24-67(36-52(73)74)26-28-69(38-54(77)78)29-27-68(25-23-66)37-53(75)76/h9,11-15,33H,8,10,16-32,34-44H2,1-7H3,(H,61,72)(H,62,79)(H,73,74)(H,75,76)(H,77,78)/b11-9+. The van der Waals surface area contributed by atoms with Gasteiger partial charge in [-0.3, -0.25) is 48.5 Å². The molecule has 2 aliphatic heterocycles. The van der Waals surface area contributed by atoms with Gasteiger partial charge in [0.25, 0.3) is 0 Å². The van der Waals surface area contributed by atoms with Gasteiger partial charge in [-0.1, -0.05) is 57.2 Å². The lowest BCUT2D eigenvalue weighted by atomic mass is 9.34. The molecule has 448 valence electrons. The van der Waals surface area contributed by atoms with Gasteiger partial charge in [-0.25, -0.2) is 9.50 Å². The van der Waals surface area contributed by atoms with Gasteiger partial charge < -0.3 is 40.3 Å². The Kier molecular flexibility index (Phi) is 22.4. The Labute approximate surface area is 479 Å². The van der Waals surface area contributed by atoms with Gasteiger partial charge in [-0.2, -0.15) is 5.10 Å². The van der Waals surface area contributed by atoms with E-state index in [1.165, 1.54) is 16.7 Å². The van der Waals surface area contributed by atoms with Gasteiger partial charge in [0, 0.05) is 140 Å². The second kappa shape index (κ2) is 28.7. The maximum atomic E-state index is 13.3. The molecule has 0 spiro atoms. The van der Waals surface area contributed by atoms with Crippen molar-refractivity contribution in [1.29, 1.82) is 0 Å². The van der Waals surface area contributed by atoms with E-state index in [0.717, 1.165) is 101 Å². The van der Waals surface area contributed by atoms with Crippen LogP contribution in [-0.4, -0.2) is 245 Å². The summed E-state index contributed by atoms with van der Waals surface area (Å²) in [6, 6.07) is 10.9. The first-order valence-electron chi connectivity index (χ1n) is 29.4. The van der Waals surface area contributed by atoms with Crippen LogP contribution in [0.15, 0.2) is 36.4 Å². The predicted octanol–water partition coefficient (Wildman–Crippen LogP) is 3.63. The first kappa shape index (κ1) is 63.2. The summed E-state index contributed by atoms with van der Waals surface area (Å²) in [7, 11) is 0. The lowest BCUT2D eigenvalue weighted by Crippen LogP contribution is -2.71. The van der Waals surface area contributed by atoms with Crippen molar-refractivity contribution in [3.8, 4) is 0 Å². The van der Waals surface area contributed by atoms with Gasteiger partial charge in [0.05, 0.1) is 56.1 Å². The fourth-order valence-electron chi connectivity index (χ4n) is 12.1. The van der Waals surface area contributed by atoms with Crippen molar-refractivity contribution in [1.82, 2.24) is 54.6 Å². The molecule has 3 aromatic rings. The molecule has 5 N–H and O–H groups in total. The van der Waals surface area contributed by atoms with Crippen LogP contribution in [0.2, 0.25) is 0 Å². The number of aliphatic carboxylic acids is 3. The summed E-state index contributed by atoms with van der Waals surface area (Å²) in [5, 5.41) is 39.5. The number of carbonyl (C=O) groups excluding carboxylic acids is 2. The zero-order valence-electron chi connectivity index (χ0n) is 49.5. The summed E-state index contributed by atoms with van der Waals surface area (Å²) in [6.07, 6.45) is 10.5. The Hall–Kier alpha value is -5.39. The van der Waals surface area contributed by atoms with E-state index in [0.29, 0.717) is 97.1 Å². The molecular formula is C60H93N11O10. The zero-order valence-corrected chi connectivity index (χ0v) is 49.5. The van der Waals surface area contributed by atoms with Crippen LogP contribution in [0.25, 0.3) is 11.7 Å². The first-order valence-corrected chi connectivity index (χ1v) is 29.4. The minimum Gasteiger partial charge on any atom is -0.480 e. The number of carboxylic acids is 3. The summed E-state index contributed by atoms with van der Waals surface area (Å²) in [5.74, 6) is -3.03. The molecule has 2 bridgehead atoms. The monoisotopic (exact) mass is 1130 g/mol. The lowest BCUT2D eigenvalue weighted by Gasteiger charge is -2.70. The van der Waals surface area contributed by atoms with Gasteiger partial charge >= 0.3 is 17.9 Å². The summed E-state index contributed by atoms with van der Waals surface area (Å²) in [4.78, 5) is 78.4. The molecule has 1 aromatic carbocycles. The van der Waals surface area contributed by atoms with Crippen molar-refractivity contribution < 1.29 is 48.8 Å². The number of piperazine rings is 1. The average Bonchev–Trinajstić information content (AvgIpc) is 2.32. The number of aromatic nitrogens is 3. The minimum absolute atomic E-state index is 0.0482. The van der Waals surface area contributed by atoms with Crippen molar-refractivity contribution in [3.63, 3.8) is 0 Å². The SMILES string of the molecule is CCc1nn2c(C)cc(C)nc2c1Cc1ccc(/C=C/CN2CCN(CC34CC(C(=O)NCCCOCC(C)(C)COC(C)(C)CCNC(=O)CN5CCN(CC(=O)O)CCN(CC(=O)O)CCN(CC(=O)O)CC5)(C3)C4)CC2)cc1. The van der Waals surface area contributed by atoms with Gasteiger partial charge in [-0.05, 0) is 88.8 Å². The van der Waals surface area contributed by atoms with E-state index < -0.39 is 23.5 Å². The number of fused-ring (bicyclic) bond motifs is 1. The molecule has 2 aromatic heterocycles. The smallest absolute Gasteiger partial charge is 0.317 e. The number of rotatable bonds is 29. The molecule has 0 radical (unpaired) electrons. The van der Waals surface area contributed by atoms with Crippen LogP contribution in [0.4, 0.5) is 0 Å². The molecule has 5 aliphatic rings. The third-order valence-corrected chi connectivity index (χ3v) is 16.6. The van der Waals surface area contributed by atoms with Crippen LogP contribution >= 0.6 is 0 Å². The van der Waals surface area contributed by atoms with Crippen LogP contribution in [-0.2, 0) is 46.3 Å². The molecular weight excluding hydrogens is 1030 g/mol. The van der Waals surface area contributed by atoms with Crippen molar-refractivity contribution in [2.24, 2.45) is 16.2 Å². The highest BCUT2D eigenvalue weighted by atomic mass is 16.5. The summed E-state index contributed by atoms with van der Waals surface area (Å²) < 4.78 is 14.4. The molecule has 0 atom stereocenters. The third kappa shape index (κ3) is 19.1. The highest BCUT2D eigenvalue weighted by Crippen LogP contribution is 2.73. The van der Waals surface area contributed by atoms with E-state index in [2.05, 4.69) is 90.6 Å². The Morgan fingerprint density at radius 1 is 0.704 bits per heavy atom. The third-order valence-electron chi connectivity index (χ3n) is 16.6. The fourth-order valence-corrected chi connectivity index (χ4v) is 12.1. The number of amides is 2. The maximum absolute atomic E-state index is 13.3. The molecule has 8 rings (SSSR count). The molecule has 3 aliphatic carbocycles. The number of carbonyl (C=O) groups is 5. The second-order valence-corrected chi connectivity index (χ2v) is 25.0. The molecule has 81 heavy (non-hydrogen) atoms. The first-order chi connectivity index (χ1) is 38.5. The number of benzene rings is 1. The van der Waals surface area contributed by atoms with Gasteiger partial charge in [0.2, 0.25) is 11.8 Å². The Morgan fingerprint density at radius 3 is 1.80 bits per heavy atom. The van der Waals surface area contributed by atoms with Crippen LogP contribution in [0.3, 0.4) is 0 Å². The highest BCUT2D eigenvalue weighted by molar-refractivity contribution is 5.86. The van der Waals surface area contributed by atoms with E-state index in [1.807, 2.05) is 30.2 Å². The van der Waals surface area contributed by atoms with Crippen LogP contribution in [0.5, 0.6) is 0 Å². The number of ether oxygens (including phenoxy) is 2. The molecule has 5 fully saturated rings. The lowest BCUT2D eigenvalue weighted by molar-refractivity contribution is -0.214. The topological polar surface area (TPSA) is 238 Å². The number of hydrogen-bond acceptors (Lipinski definition) is 15. The predicted molar refractivity (Wildman–Crippen MR) is 310 cm³/mol. The summed E-state index contributed by atoms with van der Waals surface area (Å²) in [6.45, 7) is 25.1. The summed E-state index contributed by atoms with van der Waals surface area (Å²) in [5.41, 5.74) is 7.18. The molecule has 21 heteroatoms. The van der Waals surface area contributed by atoms with Crippen molar-refractivity contribution in [2.45, 2.75) is 99.0 Å². The van der Waals surface area contributed by atoms with E-state index in [4.69, 9.17) is 19.6 Å². The van der Waals surface area contributed by atoms with E-state index in [1.54, 1.807) is 14.7 Å². The van der Waals surface area contributed by atoms with Crippen LogP contribution < -0.4 is 10.6 Å². The van der Waals surface area contributed by atoms with E-state index in [9.17, 15) is 39.3 Å². The molecule has 0 unspecified atom stereocenters. The number of aryl methyl sites for hydroxylation is 3. The molecule has 21 nitrogen and oxygen atoms in total. The zero-order chi connectivity index (χ0) is 58.4.